The topological polar surface area (TPSA) is 30.5 Å². The SMILES string of the molecule is CNC(c1ccc(C)c(OC)c1)C(C)CCOC. The molecule has 0 bridgehead atoms. The quantitative estimate of drug-likeness (QED) is 0.808. The number of methoxy groups -OCH3 is 2. The average molecular weight is 251 g/mol. The number of aryl methyl sites for hydroxylation is 1. The third-order valence-corrected chi connectivity index (χ3v) is 3.45. The molecule has 1 rings (SSSR count). The predicted octanol–water partition coefficient (Wildman–Crippen LogP) is 2.94. The van der Waals surface area contributed by atoms with E-state index in [2.05, 4.69) is 37.4 Å². The van der Waals surface area contributed by atoms with E-state index < -0.39 is 0 Å². The normalized spacial score (nSPS) is 14.3. The van der Waals surface area contributed by atoms with Crippen LogP contribution >= 0.6 is 0 Å². The van der Waals surface area contributed by atoms with Crippen LogP contribution in [0.2, 0.25) is 0 Å². The second-order valence-corrected chi connectivity index (χ2v) is 4.75. The zero-order chi connectivity index (χ0) is 13.5. The van der Waals surface area contributed by atoms with Gasteiger partial charge in [0.1, 0.15) is 5.75 Å². The van der Waals surface area contributed by atoms with Crippen molar-refractivity contribution in [1.29, 1.82) is 0 Å². The van der Waals surface area contributed by atoms with Crippen LogP contribution in [0.25, 0.3) is 0 Å². The van der Waals surface area contributed by atoms with E-state index in [1.165, 1.54) is 11.1 Å². The zero-order valence-corrected chi connectivity index (χ0v) is 12.1. The van der Waals surface area contributed by atoms with E-state index in [-0.39, 0.29) is 0 Å². The molecule has 0 radical (unpaired) electrons. The highest BCUT2D eigenvalue weighted by Crippen LogP contribution is 2.28. The third kappa shape index (κ3) is 3.72. The van der Waals surface area contributed by atoms with Gasteiger partial charge >= 0.3 is 0 Å². The number of nitrogens with one attached hydrogen (secondary N) is 1. The highest BCUT2D eigenvalue weighted by Gasteiger charge is 2.18. The zero-order valence-electron chi connectivity index (χ0n) is 12.1. The summed E-state index contributed by atoms with van der Waals surface area (Å²) < 4.78 is 10.5. The molecule has 1 aromatic carbocycles. The Hall–Kier alpha value is -1.06. The maximum Gasteiger partial charge on any atom is 0.122 e. The fourth-order valence-electron chi connectivity index (χ4n) is 2.28. The first-order valence-corrected chi connectivity index (χ1v) is 6.44. The van der Waals surface area contributed by atoms with Crippen molar-refractivity contribution in [3.05, 3.63) is 29.3 Å². The van der Waals surface area contributed by atoms with Crippen molar-refractivity contribution in [3.8, 4) is 5.75 Å². The largest absolute Gasteiger partial charge is 0.496 e. The molecule has 0 aliphatic carbocycles. The second kappa shape index (κ2) is 7.39. The van der Waals surface area contributed by atoms with Crippen molar-refractivity contribution < 1.29 is 9.47 Å². The lowest BCUT2D eigenvalue weighted by molar-refractivity contribution is 0.171. The molecule has 0 heterocycles. The summed E-state index contributed by atoms with van der Waals surface area (Å²) in [6.07, 6.45) is 1.04. The van der Waals surface area contributed by atoms with Gasteiger partial charge in [-0.25, -0.2) is 0 Å². The number of benzene rings is 1. The molecule has 102 valence electrons. The Morgan fingerprint density at radius 3 is 2.56 bits per heavy atom. The molecule has 3 heteroatoms. The molecule has 0 aromatic heterocycles. The molecule has 0 aliphatic heterocycles. The number of hydrogen-bond donors (Lipinski definition) is 1. The smallest absolute Gasteiger partial charge is 0.122 e. The van der Waals surface area contributed by atoms with E-state index in [1.807, 2.05) is 7.05 Å². The van der Waals surface area contributed by atoms with Gasteiger partial charge in [0.2, 0.25) is 0 Å². The van der Waals surface area contributed by atoms with Gasteiger partial charge in [-0.3, -0.25) is 0 Å². The highest BCUT2D eigenvalue weighted by molar-refractivity contribution is 5.38. The lowest BCUT2D eigenvalue weighted by atomic mass is 9.91. The first kappa shape index (κ1) is 15.0. The van der Waals surface area contributed by atoms with Crippen LogP contribution in [0.1, 0.15) is 30.5 Å². The Bertz CT molecular complexity index is 366. The van der Waals surface area contributed by atoms with Gasteiger partial charge in [0.05, 0.1) is 7.11 Å². The van der Waals surface area contributed by atoms with E-state index in [0.717, 1.165) is 18.8 Å². The first-order chi connectivity index (χ1) is 8.63. The number of hydrogen-bond acceptors (Lipinski definition) is 3. The summed E-state index contributed by atoms with van der Waals surface area (Å²) in [4.78, 5) is 0. The van der Waals surface area contributed by atoms with Crippen molar-refractivity contribution in [2.24, 2.45) is 5.92 Å². The van der Waals surface area contributed by atoms with Gasteiger partial charge < -0.3 is 14.8 Å². The van der Waals surface area contributed by atoms with Crippen LogP contribution in [0.3, 0.4) is 0 Å². The molecule has 2 unspecified atom stereocenters. The molecule has 3 nitrogen and oxygen atoms in total. The standard InChI is InChI=1S/C15H25NO2/c1-11-6-7-13(10-14(11)18-5)15(16-3)12(2)8-9-17-4/h6-7,10,12,15-16H,8-9H2,1-5H3. The van der Waals surface area contributed by atoms with Crippen LogP contribution in [-0.4, -0.2) is 27.9 Å². The van der Waals surface area contributed by atoms with Gasteiger partial charge in [0, 0.05) is 19.8 Å². The van der Waals surface area contributed by atoms with Gasteiger partial charge in [-0.2, -0.15) is 0 Å². The monoisotopic (exact) mass is 251 g/mol. The second-order valence-electron chi connectivity index (χ2n) is 4.75. The molecule has 0 spiro atoms. The lowest BCUT2D eigenvalue weighted by Crippen LogP contribution is -2.24. The van der Waals surface area contributed by atoms with Crippen LogP contribution in [-0.2, 0) is 4.74 Å². The Morgan fingerprint density at radius 2 is 2.00 bits per heavy atom. The van der Waals surface area contributed by atoms with Gasteiger partial charge in [-0.1, -0.05) is 19.1 Å². The number of ether oxygens (including phenoxy) is 2. The van der Waals surface area contributed by atoms with Crippen molar-refractivity contribution in [3.63, 3.8) is 0 Å². The number of rotatable bonds is 7. The van der Waals surface area contributed by atoms with Crippen LogP contribution in [0.15, 0.2) is 18.2 Å². The van der Waals surface area contributed by atoms with Crippen molar-refractivity contribution >= 4 is 0 Å². The maximum absolute atomic E-state index is 5.39. The summed E-state index contributed by atoms with van der Waals surface area (Å²) in [6, 6.07) is 6.73. The Balaban J connectivity index is 2.87. The lowest BCUT2D eigenvalue weighted by Gasteiger charge is -2.24. The summed E-state index contributed by atoms with van der Waals surface area (Å²) >= 11 is 0. The Morgan fingerprint density at radius 1 is 1.28 bits per heavy atom. The molecule has 2 atom stereocenters. The Kier molecular flexibility index (Phi) is 6.16. The van der Waals surface area contributed by atoms with Crippen molar-refractivity contribution in [1.82, 2.24) is 5.32 Å². The molecule has 0 aliphatic rings. The predicted molar refractivity (Wildman–Crippen MR) is 75.2 cm³/mol. The fraction of sp³-hybridized carbons (Fsp3) is 0.600. The third-order valence-electron chi connectivity index (χ3n) is 3.45. The summed E-state index contributed by atoms with van der Waals surface area (Å²) in [5.74, 6) is 1.47. The van der Waals surface area contributed by atoms with E-state index in [1.54, 1.807) is 14.2 Å². The van der Waals surface area contributed by atoms with Gasteiger partial charge in [-0.15, -0.1) is 0 Å². The first-order valence-electron chi connectivity index (χ1n) is 6.44. The van der Waals surface area contributed by atoms with Crippen LogP contribution < -0.4 is 10.1 Å². The maximum atomic E-state index is 5.39. The van der Waals surface area contributed by atoms with E-state index in [9.17, 15) is 0 Å². The van der Waals surface area contributed by atoms with Crippen LogP contribution in [0.4, 0.5) is 0 Å². The van der Waals surface area contributed by atoms with Gasteiger partial charge in [0.15, 0.2) is 0 Å². The molecule has 0 fully saturated rings. The fourth-order valence-corrected chi connectivity index (χ4v) is 2.28. The molecule has 1 N–H and O–H groups in total. The molecule has 0 saturated carbocycles. The Labute approximate surface area is 110 Å². The van der Waals surface area contributed by atoms with Crippen molar-refractivity contribution in [2.45, 2.75) is 26.3 Å². The minimum absolute atomic E-state index is 0.328. The van der Waals surface area contributed by atoms with E-state index >= 15 is 0 Å². The molecule has 0 saturated heterocycles. The highest BCUT2D eigenvalue weighted by atomic mass is 16.5. The molecule has 1 aromatic rings. The van der Waals surface area contributed by atoms with Gasteiger partial charge in [0.25, 0.3) is 0 Å². The van der Waals surface area contributed by atoms with Gasteiger partial charge in [-0.05, 0) is 43.5 Å². The van der Waals surface area contributed by atoms with E-state index in [4.69, 9.17) is 9.47 Å². The molecular formula is C15H25NO2. The van der Waals surface area contributed by atoms with E-state index in [0.29, 0.717) is 12.0 Å². The molecule has 18 heavy (non-hydrogen) atoms. The summed E-state index contributed by atoms with van der Waals surface area (Å²) in [7, 11) is 5.46. The van der Waals surface area contributed by atoms with Crippen molar-refractivity contribution in [2.75, 3.05) is 27.9 Å². The molecular weight excluding hydrogens is 226 g/mol. The summed E-state index contributed by atoms with van der Waals surface area (Å²) in [5.41, 5.74) is 2.43. The van der Waals surface area contributed by atoms with Crippen LogP contribution in [0, 0.1) is 12.8 Å². The average Bonchev–Trinajstić information content (AvgIpc) is 2.39. The minimum atomic E-state index is 0.328. The summed E-state index contributed by atoms with van der Waals surface area (Å²) in [5, 5.41) is 3.39. The summed E-state index contributed by atoms with van der Waals surface area (Å²) in [6.45, 7) is 5.10. The minimum Gasteiger partial charge on any atom is -0.496 e. The molecule has 0 amide bonds. The van der Waals surface area contributed by atoms with Crippen LogP contribution in [0.5, 0.6) is 5.75 Å².